The predicted molar refractivity (Wildman–Crippen MR) is 109 cm³/mol. The van der Waals surface area contributed by atoms with Gasteiger partial charge in [-0.25, -0.2) is 9.29 Å². The van der Waals surface area contributed by atoms with Crippen LogP contribution in [-0.4, -0.2) is 42.3 Å². The third-order valence-corrected chi connectivity index (χ3v) is 7.27. The first-order valence-corrected chi connectivity index (χ1v) is 10.4. The summed E-state index contributed by atoms with van der Waals surface area (Å²) in [4.78, 5) is 44.0. The average molecular weight is 421 g/mol. The molecule has 4 heterocycles. The molecule has 7 nitrogen and oxygen atoms in total. The fraction of sp³-hybridized carbons (Fsp3) is 0.348. The number of ether oxygens (including phenoxy) is 1. The van der Waals surface area contributed by atoms with Crippen molar-refractivity contribution in [1.29, 1.82) is 0 Å². The number of anilines is 2. The lowest BCUT2D eigenvalue weighted by atomic mass is 9.75. The van der Waals surface area contributed by atoms with E-state index in [0.29, 0.717) is 35.7 Å². The van der Waals surface area contributed by atoms with E-state index >= 15 is 0 Å². The summed E-state index contributed by atoms with van der Waals surface area (Å²) in [5, 5.41) is 2.84. The van der Waals surface area contributed by atoms with Gasteiger partial charge >= 0.3 is 0 Å². The van der Waals surface area contributed by atoms with Crippen molar-refractivity contribution in [2.45, 2.75) is 24.4 Å². The van der Waals surface area contributed by atoms with Gasteiger partial charge in [-0.1, -0.05) is 6.07 Å². The Hall–Kier alpha value is -3.26. The second-order valence-corrected chi connectivity index (χ2v) is 8.53. The maximum Gasteiger partial charge on any atom is 0.250 e. The molecule has 0 aromatic heterocycles. The van der Waals surface area contributed by atoms with Gasteiger partial charge in [-0.15, -0.1) is 0 Å². The van der Waals surface area contributed by atoms with Crippen LogP contribution in [0.15, 0.2) is 42.5 Å². The summed E-state index contributed by atoms with van der Waals surface area (Å²) in [6.07, 6.45) is 1.53. The third-order valence-electron chi connectivity index (χ3n) is 7.27. The zero-order chi connectivity index (χ0) is 21.5. The van der Waals surface area contributed by atoms with Crippen LogP contribution in [0.2, 0.25) is 0 Å². The van der Waals surface area contributed by atoms with Gasteiger partial charge in [-0.2, -0.15) is 0 Å². The SMILES string of the molecule is COc1cccc(N2C(=O)[C@H]3[C@@H](C2=O)[C@@]2(C(=O)Nc4ccc(F)cc42)N2CCC[C@@H]32)c1. The molecule has 0 unspecified atom stereocenters. The quantitative estimate of drug-likeness (QED) is 0.753. The molecule has 3 amide bonds. The van der Waals surface area contributed by atoms with Gasteiger partial charge in [0.2, 0.25) is 17.7 Å². The predicted octanol–water partition coefficient (Wildman–Crippen LogP) is 2.27. The van der Waals surface area contributed by atoms with Crippen LogP contribution in [0, 0.1) is 17.7 Å². The molecule has 6 rings (SSSR count). The van der Waals surface area contributed by atoms with E-state index in [2.05, 4.69) is 5.32 Å². The van der Waals surface area contributed by atoms with Gasteiger partial charge in [0.25, 0.3) is 0 Å². The van der Waals surface area contributed by atoms with Crippen LogP contribution < -0.4 is 15.0 Å². The van der Waals surface area contributed by atoms with Crippen molar-refractivity contribution >= 4 is 29.1 Å². The zero-order valence-corrected chi connectivity index (χ0v) is 16.8. The maximum absolute atomic E-state index is 14.3. The molecular formula is C23H20FN3O4. The normalized spacial score (nSPS) is 31.2. The number of carbonyl (C=O) groups excluding carboxylic acids is 3. The summed E-state index contributed by atoms with van der Waals surface area (Å²) in [6.45, 7) is 0.584. The third kappa shape index (κ3) is 2.13. The van der Waals surface area contributed by atoms with Gasteiger partial charge in [-0.05, 0) is 49.7 Å². The summed E-state index contributed by atoms with van der Waals surface area (Å²) < 4.78 is 19.5. The molecule has 158 valence electrons. The van der Waals surface area contributed by atoms with Crippen LogP contribution in [0.5, 0.6) is 5.75 Å². The van der Waals surface area contributed by atoms with Gasteiger partial charge in [0.05, 0.1) is 24.6 Å². The second kappa shape index (κ2) is 6.13. The van der Waals surface area contributed by atoms with Gasteiger partial charge < -0.3 is 10.1 Å². The highest BCUT2D eigenvalue weighted by Crippen LogP contribution is 2.60. The van der Waals surface area contributed by atoms with Crippen molar-refractivity contribution in [1.82, 2.24) is 4.90 Å². The molecule has 2 aromatic rings. The lowest BCUT2D eigenvalue weighted by Gasteiger charge is -2.36. The minimum atomic E-state index is -1.37. The Morgan fingerprint density at radius 3 is 2.77 bits per heavy atom. The largest absolute Gasteiger partial charge is 0.497 e. The van der Waals surface area contributed by atoms with Crippen LogP contribution in [0.3, 0.4) is 0 Å². The molecule has 31 heavy (non-hydrogen) atoms. The number of halogens is 1. The van der Waals surface area contributed by atoms with E-state index in [1.165, 1.54) is 30.2 Å². The average Bonchev–Trinajstić information content (AvgIpc) is 3.46. The Labute approximate surface area is 177 Å². The number of methoxy groups -OCH3 is 1. The maximum atomic E-state index is 14.3. The number of fused-ring (bicyclic) bond motifs is 7. The fourth-order valence-electron chi connectivity index (χ4n) is 6.18. The van der Waals surface area contributed by atoms with E-state index in [1.807, 2.05) is 4.90 Å². The van der Waals surface area contributed by atoms with E-state index < -0.39 is 29.1 Å². The Morgan fingerprint density at radius 2 is 1.97 bits per heavy atom. The highest BCUT2D eigenvalue weighted by atomic mass is 19.1. The van der Waals surface area contributed by atoms with Crippen LogP contribution in [-0.2, 0) is 19.9 Å². The number of nitrogens with one attached hydrogen (secondary N) is 1. The number of benzene rings is 2. The molecule has 0 aliphatic carbocycles. The highest BCUT2D eigenvalue weighted by molar-refractivity contribution is 6.25. The number of carbonyl (C=O) groups is 3. The molecule has 3 fully saturated rings. The number of hydrogen-bond donors (Lipinski definition) is 1. The monoisotopic (exact) mass is 421 g/mol. The van der Waals surface area contributed by atoms with Gasteiger partial charge in [-0.3, -0.25) is 19.3 Å². The van der Waals surface area contributed by atoms with E-state index in [4.69, 9.17) is 4.74 Å². The van der Waals surface area contributed by atoms with Gasteiger partial charge in [0.15, 0.2) is 0 Å². The van der Waals surface area contributed by atoms with Crippen molar-refractivity contribution < 1.29 is 23.5 Å². The number of hydrogen-bond acceptors (Lipinski definition) is 5. The van der Waals surface area contributed by atoms with E-state index in [9.17, 15) is 18.8 Å². The fourth-order valence-corrected chi connectivity index (χ4v) is 6.18. The van der Waals surface area contributed by atoms with E-state index in [1.54, 1.807) is 24.3 Å². The molecule has 4 aliphatic heterocycles. The topological polar surface area (TPSA) is 78.9 Å². The molecule has 0 bridgehead atoms. The van der Waals surface area contributed by atoms with E-state index in [-0.39, 0.29) is 17.9 Å². The van der Waals surface area contributed by atoms with Crippen LogP contribution in [0.4, 0.5) is 15.8 Å². The first-order valence-electron chi connectivity index (χ1n) is 10.4. The summed E-state index contributed by atoms with van der Waals surface area (Å²) >= 11 is 0. The molecule has 4 aliphatic rings. The van der Waals surface area contributed by atoms with Crippen LogP contribution in [0.1, 0.15) is 18.4 Å². The zero-order valence-electron chi connectivity index (χ0n) is 16.8. The molecule has 0 radical (unpaired) electrons. The number of amides is 3. The number of rotatable bonds is 2. The summed E-state index contributed by atoms with van der Waals surface area (Å²) in [5.74, 6) is -2.60. The lowest BCUT2D eigenvalue weighted by Crippen LogP contribution is -2.54. The Balaban J connectivity index is 1.55. The Kier molecular flexibility index (Phi) is 3.66. The van der Waals surface area contributed by atoms with Crippen LogP contribution in [0.25, 0.3) is 0 Å². The molecule has 2 aromatic carbocycles. The number of nitrogens with zero attached hydrogens (tertiary/aromatic N) is 2. The standard InChI is InChI=1S/C23H20FN3O4/c1-31-14-5-2-4-13(11-14)27-20(28)18-17-6-3-9-26(17)23(19(18)21(27)29)15-10-12(24)7-8-16(15)25-22(23)30/h2,4-5,7-8,10-11,17-19H,3,6,9H2,1H3,(H,25,30)/t17-,18+,19-,23-/m0/s1. The van der Waals surface area contributed by atoms with Crippen molar-refractivity contribution in [2.24, 2.45) is 11.8 Å². The number of imide groups is 1. The molecule has 4 atom stereocenters. The first-order chi connectivity index (χ1) is 15.0. The van der Waals surface area contributed by atoms with Crippen molar-refractivity contribution in [3.63, 3.8) is 0 Å². The molecule has 1 spiro atoms. The van der Waals surface area contributed by atoms with Gasteiger partial charge in [0, 0.05) is 23.4 Å². The molecule has 0 saturated carbocycles. The van der Waals surface area contributed by atoms with Crippen LogP contribution >= 0.6 is 0 Å². The summed E-state index contributed by atoms with van der Waals surface area (Å²) in [6, 6.07) is 10.7. The van der Waals surface area contributed by atoms with Crippen molar-refractivity contribution in [3.05, 3.63) is 53.8 Å². The minimum absolute atomic E-state index is 0.239. The second-order valence-electron chi connectivity index (χ2n) is 8.53. The van der Waals surface area contributed by atoms with Crippen molar-refractivity contribution in [3.8, 4) is 5.75 Å². The molecule has 8 heteroatoms. The first kappa shape index (κ1) is 18.5. The van der Waals surface area contributed by atoms with Gasteiger partial charge in [0.1, 0.15) is 17.1 Å². The summed E-state index contributed by atoms with van der Waals surface area (Å²) in [5.41, 5.74) is -0.00600. The van der Waals surface area contributed by atoms with Crippen molar-refractivity contribution in [2.75, 3.05) is 23.9 Å². The Morgan fingerprint density at radius 1 is 1.13 bits per heavy atom. The molecule has 3 saturated heterocycles. The minimum Gasteiger partial charge on any atom is -0.497 e. The molecular weight excluding hydrogens is 401 g/mol. The Bertz CT molecular complexity index is 1170. The van der Waals surface area contributed by atoms with E-state index in [0.717, 1.165) is 6.42 Å². The highest BCUT2D eigenvalue weighted by Gasteiger charge is 2.74. The lowest BCUT2D eigenvalue weighted by molar-refractivity contribution is -0.135. The summed E-state index contributed by atoms with van der Waals surface area (Å²) in [7, 11) is 1.52. The molecule has 1 N–H and O–H groups in total. The smallest absolute Gasteiger partial charge is 0.250 e.